The predicted molar refractivity (Wildman–Crippen MR) is 44.3 cm³/mol. The minimum Gasteiger partial charge on any atom is -0.402 e. The van der Waals surface area contributed by atoms with Crippen LogP contribution in [0, 0.1) is 0 Å². The van der Waals surface area contributed by atoms with Crippen molar-refractivity contribution < 1.29 is 13.0 Å². The van der Waals surface area contributed by atoms with Gasteiger partial charge in [-0.1, -0.05) is 0 Å². The van der Waals surface area contributed by atoms with Crippen LogP contribution in [0.1, 0.15) is 12.8 Å². The summed E-state index contributed by atoms with van der Waals surface area (Å²) in [5, 5.41) is 0. The molecule has 0 aromatic heterocycles. The van der Waals surface area contributed by atoms with Gasteiger partial charge in [-0.3, -0.25) is 4.55 Å². The molecule has 0 fully saturated rings. The van der Waals surface area contributed by atoms with Crippen molar-refractivity contribution in [3.63, 3.8) is 0 Å². The van der Waals surface area contributed by atoms with E-state index < -0.39 is 10.1 Å². The maximum atomic E-state index is 10.7. The summed E-state index contributed by atoms with van der Waals surface area (Å²) in [6.45, 7) is 0. The molecule has 0 atom stereocenters. The summed E-state index contributed by atoms with van der Waals surface area (Å²) in [7, 11) is -4.21. The van der Waals surface area contributed by atoms with Gasteiger partial charge < -0.3 is 11.5 Å². The van der Waals surface area contributed by atoms with Gasteiger partial charge in [0.05, 0.1) is 0 Å². The minimum absolute atomic E-state index is 0.159. The molecule has 1 aliphatic rings. The van der Waals surface area contributed by atoms with Crippen LogP contribution >= 0.6 is 0 Å². The van der Waals surface area contributed by atoms with Crippen molar-refractivity contribution in [3.05, 3.63) is 22.4 Å². The van der Waals surface area contributed by atoms with Gasteiger partial charge in [0, 0.05) is 11.4 Å². The molecule has 0 heterocycles. The zero-order valence-corrected chi connectivity index (χ0v) is 7.13. The zero-order chi connectivity index (χ0) is 9.35. The summed E-state index contributed by atoms with van der Waals surface area (Å²) in [4.78, 5) is -0.272. The molecule has 5 N–H and O–H groups in total. The van der Waals surface area contributed by atoms with Gasteiger partial charge in [-0.05, 0) is 18.9 Å². The Balaban J connectivity index is 3.19. The maximum absolute atomic E-state index is 10.7. The van der Waals surface area contributed by atoms with Crippen molar-refractivity contribution in [1.82, 2.24) is 0 Å². The molecule has 0 saturated carbocycles. The van der Waals surface area contributed by atoms with Crippen LogP contribution in [0.25, 0.3) is 0 Å². The maximum Gasteiger partial charge on any atom is 0.296 e. The van der Waals surface area contributed by atoms with Crippen molar-refractivity contribution in [2.75, 3.05) is 0 Å². The number of allylic oxidation sites excluding steroid dienone is 3. The predicted octanol–water partition coefficient (Wildman–Crippen LogP) is -0.319. The molecule has 0 aromatic rings. The van der Waals surface area contributed by atoms with E-state index in [1.807, 2.05) is 0 Å². The minimum atomic E-state index is -4.21. The monoisotopic (exact) mass is 190 g/mol. The highest BCUT2D eigenvalue weighted by Crippen LogP contribution is 2.21. The van der Waals surface area contributed by atoms with Crippen LogP contribution < -0.4 is 11.5 Å². The van der Waals surface area contributed by atoms with E-state index in [1.54, 1.807) is 0 Å². The molecule has 0 aliphatic heterocycles. The Labute approximate surface area is 70.5 Å². The molecule has 0 aromatic carbocycles. The molecular formula is C6H10N2O3S. The molecule has 0 spiro atoms. The van der Waals surface area contributed by atoms with Crippen molar-refractivity contribution in [2.45, 2.75) is 12.8 Å². The van der Waals surface area contributed by atoms with Gasteiger partial charge in [0.2, 0.25) is 0 Å². The quantitative estimate of drug-likeness (QED) is 0.491. The van der Waals surface area contributed by atoms with E-state index in [9.17, 15) is 8.42 Å². The summed E-state index contributed by atoms with van der Waals surface area (Å²) in [5.41, 5.74) is 11.3. The summed E-state index contributed by atoms with van der Waals surface area (Å²) in [5.74, 6) is 0. The van der Waals surface area contributed by atoms with E-state index in [2.05, 4.69) is 0 Å². The lowest BCUT2D eigenvalue weighted by Crippen LogP contribution is -2.16. The Kier molecular flexibility index (Phi) is 2.12. The highest BCUT2D eigenvalue weighted by Gasteiger charge is 2.19. The molecule has 1 rings (SSSR count). The summed E-state index contributed by atoms with van der Waals surface area (Å²) < 4.78 is 30.0. The normalized spacial score (nSPS) is 19.2. The molecule has 12 heavy (non-hydrogen) atoms. The van der Waals surface area contributed by atoms with Crippen LogP contribution in [0.15, 0.2) is 22.4 Å². The first-order valence-corrected chi connectivity index (χ1v) is 4.77. The van der Waals surface area contributed by atoms with Crippen LogP contribution in [0.2, 0.25) is 0 Å². The van der Waals surface area contributed by atoms with Gasteiger partial charge in [-0.15, -0.1) is 0 Å². The summed E-state index contributed by atoms with van der Waals surface area (Å²) >= 11 is 0. The van der Waals surface area contributed by atoms with Gasteiger partial charge in [0.25, 0.3) is 10.1 Å². The molecule has 68 valence electrons. The van der Waals surface area contributed by atoms with Gasteiger partial charge in [0.15, 0.2) is 0 Å². The summed E-state index contributed by atoms with van der Waals surface area (Å²) in [6.07, 6.45) is 2.09. The van der Waals surface area contributed by atoms with Gasteiger partial charge >= 0.3 is 0 Å². The topological polar surface area (TPSA) is 106 Å². The van der Waals surface area contributed by atoms with E-state index in [-0.39, 0.29) is 10.6 Å². The number of hydrogen-bond donors (Lipinski definition) is 3. The third kappa shape index (κ3) is 1.77. The van der Waals surface area contributed by atoms with E-state index in [0.717, 1.165) is 0 Å². The van der Waals surface area contributed by atoms with Crippen LogP contribution in [0.3, 0.4) is 0 Å². The lowest BCUT2D eigenvalue weighted by atomic mass is 10.1. The van der Waals surface area contributed by atoms with Gasteiger partial charge in [-0.2, -0.15) is 8.42 Å². The third-order valence-corrected chi connectivity index (χ3v) is 2.53. The van der Waals surface area contributed by atoms with Crippen LogP contribution in [-0.2, 0) is 10.1 Å². The van der Waals surface area contributed by atoms with Gasteiger partial charge in [-0.25, -0.2) is 0 Å². The Morgan fingerprint density at radius 3 is 2.33 bits per heavy atom. The van der Waals surface area contributed by atoms with E-state index in [0.29, 0.717) is 18.5 Å². The smallest absolute Gasteiger partial charge is 0.296 e. The standard InChI is InChI=1S/C6H10N2O3S/c7-4-1-2-5(8)6(3-4)12(9,10)11/h3H,1-2,7-8H2,(H,9,10,11). The molecule has 0 radical (unpaired) electrons. The Morgan fingerprint density at radius 1 is 1.33 bits per heavy atom. The van der Waals surface area contributed by atoms with Crippen molar-refractivity contribution in [3.8, 4) is 0 Å². The van der Waals surface area contributed by atoms with Gasteiger partial charge in [0.1, 0.15) is 4.91 Å². The Bertz CT molecular complexity index is 353. The largest absolute Gasteiger partial charge is 0.402 e. The average Bonchev–Trinajstić information content (AvgIpc) is 1.92. The molecule has 6 heteroatoms. The zero-order valence-electron chi connectivity index (χ0n) is 6.32. The molecule has 5 nitrogen and oxygen atoms in total. The molecule has 1 aliphatic carbocycles. The number of nitrogens with two attached hydrogens (primary N) is 2. The Morgan fingerprint density at radius 2 is 1.92 bits per heavy atom. The lowest BCUT2D eigenvalue weighted by molar-refractivity contribution is 0.491. The first-order valence-electron chi connectivity index (χ1n) is 3.33. The van der Waals surface area contributed by atoms with E-state index in [4.69, 9.17) is 16.0 Å². The first kappa shape index (κ1) is 9.08. The van der Waals surface area contributed by atoms with Crippen LogP contribution in [0.4, 0.5) is 0 Å². The Hall–Kier alpha value is -1.01. The fraction of sp³-hybridized carbons (Fsp3) is 0.333. The highest BCUT2D eigenvalue weighted by molar-refractivity contribution is 7.90. The van der Waals surface area contributed by atoms with Crippen LogP contribution in [-0.4, -0.2) is 13.0 Å². The number of hydrogen-bond acceptors (Lipinski definition) is 4. The van der Waals surface area contributed by atoms with Crippen LogP contribution in [0.5, 0.6) is 0 Å². The highest BCUT2D eigenvalue weighted by atomic mass is 32.2. The molecule has 0 amide bonds. The van der Waals surface area contributed by atoms with Crippen molar-refractivity contribution >= 4 is 10.1 Å². The van der Waals surface area contributed by atoms with Crippen molar-refractivity contribution in [1.29, 1.82) is 0 Å². The lowest BCUT2D eigenvalue weighted by Gasteiger charge is -2.12. The number of rotatable bonds is 1. The van der Waals surface area contributed by atoms with E-state index >= 15 is 0 Å². The second kappa shape index (κ2) is 2.80. The van der Waals surface area contributed by atoms with E-state index in [1.165, 1.54) is 6.08 Å². The molecule has 0 saturated heterocycles. The molecular weight excluding hydrogens is 180 g/mol. The third-order valence-electron chi connectivity index (χ3n) is 1.59. The SMILES string of the molecule is NC1=CC(S(=O)(=O)O)=C(N)CC1. The molecule has 0 bridgehead atoms. The first-order chi connectivity index (χ1) is 5.41. The fourth-order valence-electron chi connectivity index (χ4n) is 0.976. The second-order valence-electron chi connectivity index (χ2n) is 2.58. The fourth-order valence-corrected chi connectivity index (χ4v) is 1.71. The second-order valence-corrected chi connectivity index (χ2v) is 3.97. The molecule has 0 unspecified atom stereocenters. The average molecular weight is 190 g/mol. The summed E-state index contributed by atoms with van der Waals surface area (Å²) in [6, 6.07) is 0. The van der Waals surface area contributed by atoms with Crippen molar-refractivity contribution in [2.24, 2.45) is 11.5 Å².